The maximum Gasteiger partial charge on any atom is 0.261 e. The van der Waals surface area contributed by atoms with E-state index in [-0.39, 0.29) is 12.5 Å². The van der Waals surface area contributed by atoms with Crippen LogP contribution in [-0.2, 0) is 16.1 Å². The Morgan fingerprint density at radius 2 is 2.09 bits per heavy atom. The Morgan fingerprint density at radius 3 is 2.89 bits per heavy atom. The number of rotatable bonds is 10. The number of ether oxygens (including phenoxy) is 2. The number of hydrogen-bond acceptors (Lipinski definition) is 7. The largest absolute Gasteiger partial charge is 0.496 e. The number of nitrogens with one attached hydrogen (secondary N) is 2. The molecule has 35 heavy (non-hydrogen) atoms. The summed E-state index contributed by atoms with van der Waals surface area (Å²) in [4.78, 5) is 29.8. The zero-order valence-electron chi connectivity index (χ0n) is 19.2. The molecule has 0 atom stereocenters. The van der Waals surface area contributed by atoms with Crippen LogP contribution in [0.2, 0.25) is 5.02 Å². The van der Waals surface area contributed by atoms with Crippen molar-refractivity contribution in [2.24, 2.45) is 0 Å². The standard InChI is InChI=1S/C23H24ClN7O4/c1-34-10-4-8-25-20(32)14-30-13-18(21(29-30)16-11-15(24)5-6-19(16)35-2)28-23(33)17-12-27-31-9-3-7-26-22(17)31/h3,5-7,9,11-13H,4,8,10,14H2,1-2H3,(H,25,32)(H,28,33). The number of aromatic nitrogens is 5. The van der Waals surface area contributed by atoms with Gasteiger partial charge in [-0.3, -0.25) is 14.3 Å². The van der Waals surface area contributed by atoms with Gasteiger partial charge in [0, 0.05) is 49.4 Å². The summed E-state index contributed by atoms with van der Waals surface area (Å²) in [6.45, 7) is 0.987. The van der Waals surface area contributed by atoms with Gasteiger partial charge in [-0.1, -0.05) is 11.6 Å². The van der Waals surface area contributed by atoms with Crippen molar-refractivity contribution in [2.75, 3.05) is 32.7 Å². The third-order valence-electron chi connectivity index (χ3n) is 5.10. The van der Waals surface area contributed by atoms with Crippen LogP contribution in [0.5, 0.6) is 5.75 Å². The van der Waals surface area contributed by atoms with E-state index in [0.29, 0.717) is 58.5 Å². The number of carbonyl (C=O) groups excluding carboxylic acids is 2. The van der Waals surface area contributed by atoms with Gasteiger partial charge >= 0.3 is 0 Å². The molecule has 0 spiro atoms. The van der Waals surface area contributed by atoms with Crippen molar-refractivity contribution >= 4 is 34.7 Å². The molecule has 0 saturated carbocycles. The SMILES string of the molecule is COCCCNC(=O)Cn1cc(NC(=O)c2cnn3cccnc23)c(-c2cc(Cl)ccc2OC)n1. The molecule has 0 unspecified atom stereocenters. The molecule has 0 radical (unpaired) electrons. The summed E-state index contributed by atoms with van der Waals surface area (Å²) in [5.41, 5.74) is 2.04. The lowest BCUT2D eigenvalue weighted by atomic mass is 10.1. The topological polar surface area (TPSA) is 125 Å². The van der Waals surface area contributed by atoms with Gasteiger partial charge in [-0.25, -0.2) is 9.50 Å². The summed E-state index contributed by atoms with van der Waals surface area (Å²) in [5.74, 6) is -0.140. The number of amides is 2. The monoisotopic (exact) mass is 497 g/mol. The van der Waals surface area contributed by atoms with E-state index < -0.39 is 5.91 Å². The molecular weight excluding hydrogens is 474 g/mol. The predicted molar refractivity (Wildman–Crippen MR) is 130 cm³/mol. The van der Waals surface area contributed by atoms with Gasteiger partial charge in [0.1, 0.15) is 23.6 Å². The highest BCUT2D eigenvalue weighted by molar-refractivity contribution is 6.31. The molecule has 3 heterocycles. The van der Waals surface area contributed by atoms with Gasteiger partial charge in [-0.2, -0.15) is 10.2 Å². The van der Waals surface area contributed by atoms with Crippen molar-refractivity contribution < 1.29 is 19.1 Å². The van der Waals surface area contributed by atoms with E-state index in [1.54, 1.807) is 50.0 Å². The van der Waals surface area contributed by atoms with Crippen LogP contribution in [0.25, 0.3) is 16.9 Å². The number of hydrogen-bond donors (Lipinski definition) is 2. The number of nitrogens with zero attached hydrogens (tertiary/aromatic N) is 5. The fourth-order valence-electron chi connectivity index (χ4n) is 3.48. The van der Waals surface area contributed by atoms with Crippen molar-refractivity contribution in [3.8, 4) is 17.0 Å². The molecule has 4 rings (SSSR count). The Kier molecular flexibility index (Phi) is 7.58. The minimum absolute atomic E-state index is 0.0446. The van der Waals surface area contributed by atoms with E-state index in [1.807, 2.05) is 0 Å². The molecule has 0 aliphatic rings. The van der Waals surface area contributed by atoms with Crippen molar-refractivity contribution in [1.29, 1.82) is 0 Å². The third kappa shape index (κ3) is 5.58. The normalized spacial score (nSPS) is 10.9. The zero-order valence-corrected chi connectivity index (χ0v) is 20.0. The van der Waals surface area contributed by atoms with E-state index >= 15 is 0 Å². The first-order valence-electron chi connectivity index (χ1n) is 10.8. The highest BCUT2D eigenvalue weighted by Crippen LogP contribution is 2.36. The highest BCUT2D eigenvalue weighted by atomic mass is 35.5. The second-order valence-corrected chi connectivity index (χ2v) is 7.97. The molecule has 3 aromatic heterocycles. The molecule has 182 valence electrons. The first-order chi connectivity index (χ1) is 17.0. The molecule has 12 heteroatoms. The molecule has 1 aromatic carbocycles. The molecule has 0 aliphatic carbocycles. The lowest BCUT2D eigenvalue weighted by Gasteiger charge is -2.09. The quantitative estimate of drug-likeness (QED) is 0.323. The molecule has 2 N–H and O–H groups in total. The van der Waals surface area contributed by atoms with Crippen molar-refractivity contribution in [3.63, 3.8) is 0 Å². The van der Waals surface area contributed by atoms with Gasteiger partial charge in [-0.05, 0) is 30.7 Å². The maximum absolute atomic E-state index is 13.1. The van der Waals surface area contributed by atoms with E-state index in [1.165, 1.54) is 22.5 Å². The maximum atomic E-state index is 13.1. The van der Waals surface area contributed by atoms with Crippen LogP contribution in [-0.4, -0.2) is 63.6 Å². The second kappa shape index (κ2) is 11.0. The fourth-order valence-corrected chi connectivity index (χ4v) is 3.65. The Hall–Kier alpha value is -3.96. The number of methoxy groups -OCH3 is 2. The summed E-state index contributed by atoms with van der Waals surface area (Å²) in [6, 6.07) is 6.80. The van der Waals surface area contributed by atoms with Crippen LogP contribution < -0.4 is 15.4 Å². The van der Waals surface area contributed by atoms with Gasteiger partial charge in [0.15, 0.2) is 5.65 Å². The second-order valence-electron chi connectivity index (χ2n) is 7.53. The Labute approximate surface area is 206 Å². The highest BCUT2D eigenvalue weighted by Gasteiger charge is 2.21. The lowest BCUT2D eigenvalue weighted by molar-refractivity contribution is -0.121. The first-order valence-corrected chi connectivity index (χ1v) is 11.1. The summed E-state index contributed by atoms with van der Waals surface area (Å²) in [5, 5.41) is 14.9. The Morgan fingerprint density at radius 1 is 1.23 bits per heavy atom. The lowest BCUT2D eigenvalue weighted by Crippen LogP contribution is -2.29. The summed E-state index contributed by atoms with van der Waals surface area (Å²) in [7, 11) is 3.14. The molecule has 4 aromatic rings. The van der Waals surface area contributed by atoms with Crippen molar-refractivity contribution in [3.05, 3.63) is 59.6 Å². The van der Waals surface area contributed by atoms with Gasteiger partial charge in [0.2, 0.25) is 5.91 Å². The number of anilines is 1. The van der Waals surface area contributed by atoms with Crippen molar-refractivity contribution in [2.45, 2.75) is 13.0 Å². The number of fused-ring (bicyclic) bond motifs is 1. The molecule has 0 bridgehead atoms. The van der Waals surface area contributed by atoms with Gasteiger partial charge in [-0.15, -0.1) is 0 Å². The minimum atomic E-state index is -0.426. The smallest absolute Gasteiger partial charge is 0.261 e. The summed E-state index contributed by atoms with van der Waals surface area (Å²) in [6.07, 6.45) is 7.00. The summed E-state index contributed by atoms with van der Waals surface area (Å²) < 4.78 is 13.4. The molecule has 11 nitrogen and oxygen atoms in total. The van der Waals surface area contributed by atoms with Gasteiger partial charge in [0.25, 0.3) is 5.91 Å². The van der Waals surface area contributed by atoms with Crippen molar-refractivity contribution in [1.82, 2.24) is 29.7 Å². The molecular formula is C23H24ClN7O4. The molecule has 2 amide bonds. The number of halogens is 1. The minimum Gasteiger partial charge on any atom is -0.496 e. The van der Waals surface area contributed by atoms with Crippen LogP contribution >= 0.6 is 11.6 Å². The molecule has 0 aliphatic heterocycles. The summed E-state index contributed by atoms with van der Waals surface area (Å²) >= 11 is 6.23. The Bertz CT molecular complexity index is 1350. The van der Waals surface area contributed by atoms with E-state index in [4.69, 9.17) is 21.1 Å². The molecule has 0 saturated heterocycles. The van der Waals surface area contributed by atoms with Crippen LogP contribution in [0.4, 0.5) is 5.69 Å². The predicted octanol–water partition coefficient (Wildman–Crippen LogP) is 2.66. The van der Waals surface area contributed by atoms with E-state index in [2.05, 4.69) is 25.8 Å². The van der Waals surface area contributed by atoms with E-state index in [9.17, 15) is 9.59 Å². The molecule has 0 fully saturated rings. The van der Waals surface area contributed by atoms with E-state index in [0.717, 1.165) is 0 Å². The van der Waals surface area contributed by atoms with Crippen LogP contribution in [0.3, 0.4) is 0 Å². The number of benzene rings is 1. The van der Waals surface area contributed by atoms with Crippen LogP contribution in [0.1, 0.15) is 16.8 Å². The van der Waals surface area contributed by atoms with Crippen LogP contribution in [0, 0.1) is 0 Å². The third-order valence-corrected chi connectivity index (χ3v) is 5.34. The first kappa shape index (κ1) is 24.2. The Balaban J connectivity index is 1.65. The number of carbonyl (C=O) groups is 2. The average molecular weight is 498 g/mol. The zero-order chi connectivity index (χ0) is 24.8. The average Bonchev–Trinajstić information content (AvgIpc) is 3.46. The van der Waals surface area contributed by atoms with Gasteiger partial charge in [0.05, 0.1) is 19.0 Å². The van der Waals surface area contributed by atoms with Crippen LogP contribution in [0.15, 0.2) is 49.1 Å². The van der Waals surface area contributed by atoms with Gasteiger partial charge < -0.3 is 20.1 Å². The fraction of sp³-hybridized carbons (Fsp3) is 0.261.